The normalized spacial score (nSPS) is 17.6. The predicted octanol–water partition coefficient (Wildman–Crippen LogP) is 4.03. The van der Waals surface area contributed by atoms with E-state index in [2.05, 4.69) is 40.4 Å². The molecule has 0 bridgehead atoms. The molecule has 19 heavy (non-hydrogen) atoms. The van der Waals surface area contributed by atoms with E-state index in [1.165, 1.54) is 31.2 Å². The van der Waals surface area contributed by atoms with E-state index < -0.39 is 0 Å². The highest BCUT2D eigenvalue weighted by Gasteiger charge is 2.25. The second kappa shape index (κ2) is 7.30. The Morgan fingerprint density at radius 2 is 2.11 bits per heavy atom. The molecule has 1 aliphatic rings. The summed E-state index contributed by atoms with van der Waals surface area (Å²) in [6, 6.07) is 6.31. The lowest BCUT2D eigenvalue weighted by molar-refractivity contribution is 0.322. The maximum Gasteiger partial charge on any atom is 0.122 e. The topological polar surface area (TPSA) is 21.3 Å². The lowest BCUT2D eigenvalue weighted by Gasteiger charge is -2.24. The van der Waals surface area contributed by atoms with E-state index in [0.29, 0.717) is 0 Å². The van der Waals surface area contributed by atoms with Crippen LogP contribution in [0, 0.1) is 11.8 Å². The van der Waals surface area contributed by atoms with Crippen LogP contribution in [0.5, 0.6) is 5.75 Å². The fourth-order valence-electron chi connectivity index (χ4n) is 3.29. The highest BCUT2D eigenvalue weighted by Crippen LogP contribution is 2.35. The molecule has 1 atom stereocenters. The SMILES string of the molecule is CNCC(Cc1cc(Br)ccc1OC)C1CCCC1. The molecular weight excluding hydrogens is 302 g/mol. The molecule has 0 heterocycles. The molecule has 2 rings (SSSR count). The molecule has 1 N–H and O–H groups in total. The van der Waals surface area contributed by atoms with Gasteiger partial charge >= 0.3 is 0 Å². The predicted molar refractivity (Wildman–Crippen MR) is 83.8 cm³/mol. The number of benzene rings is 1. The van der Waals surface area contributed by atoms with Crippen molar-refractivity contribution in [1.82, 2.24) is 5.32 Å². The van der Waals surface area contributed by atoms with Gasteiger partial charge in [-0.2, -0.15) is 0 Å². The van der Waals surface area contributed by atoms with Gasteiger partial charge < -0.3 is 10.1 Å². The summed E-state index contributed by atoms with van der Waals surface area (Å²) in [6.07, 6.45) is 6.69. The van der Waals surface area contributed by atoms with Crippen molar-refractivity contribution in [1.29, 1.82) is 0 Å². The van der Waals surface area contributed by atoms with E-state index in [9.17, 15) is 0 Å². The lowest BCUT2D eigenvalue weighted by atomic mass is 9.85. The molecule has 1 saturated carbocycles. The lowest BCUT2D eigenvalue weighted by Crippen LogP contribution is -2.26. The van der Waals surface area contributed by atoms with Crippen LogP contribution in [0.25, 0.3) is 0 Å². The van der Waals surface area contributed by atoms with Gasteiger partial charge in [-0.15, -0.1) is 0 Å². The third kappa shape index (κ3) is 3.96. The maximum atomic E-state index is 5.50. The summed E-state index contributed by atoms with van der Waals surface area (Å²) >= 11 is 3.57. The van der Waals surface area contributed by atoms with Crippen molar-refractivity contribution in [2.75, 3.05) is 20.7 Å². The van der Waals surface area contributed by atoms with Crippen molar-refractivity contribution in [2.45, 2.75) is 32.1 Å². The average molecular weight is 326 g/mol. The Balaban J connectivity index is 2.13. The molecule has 1 unspecified atom stereocenters. The van der Waals surface area contributed by atoms with E-state index in [-0.39, 0.29) is 0 Å². The molecule has 1 aromatic carbocycles. The molecule has 0 saturated heterocycles. The molecule has 0 spiro atoms. The van der Waals surface area contributed by atoms with Crippen molar-refractivity contribution in [3.8, 4) is 5.75 Å². The third-order valence-electron chi connectivity index (χ3n) is 4.26. The van der Waals surface area contributed by atoms with Crippen molar-refractivity contribution in [2.24, 2.45) is 11.8 Å². The monoisotopic (exact) mass is 325 g/mol. The summed E-state index contributed by atoms with van der Waals surface area (Å²) in [5.41, 5.74) is 1.32. The molecule has 106 valence electrons. The van der Waals surface area contributed by atoms with Crippen LogP contribution in [0.1, 0.15) is 31.2 Å². The Bertz CT molecular complexity index is 402. The van der Waals surface area contributed by atoms with Gasteiger partial charge in [0.05, 0.1) is 7.11 Å². The number of ether oxygens (including phenoxy) is 1. The number of methoxy groups -OCH3 is 1. The zero-order valence-electron chi connectivity index (χ0n) is 11.9. The number of halogens is 1. The van der Waals surface area contributed by atoms with Gasteiger partial charge in [0.2, 0.25) is 0 Å². The third-order valence-corrected chi connectivity index (χ3v) is 4.75. The van der Waals surface area contributed by atoms with Gasteiger partial charge in [-0.3, -0.25) is 0 Å². The highest BCUT2D eigenvalue weighted by molar-refractivity contribution is 9.10. The van der Waals surface area contributed by atoms with Crippen LogP contribution in [-0.4, -0.2) is 20.7 Å². The van der Waals surface area contributed by atoms with E-state index in [0.717, 1.165) is 35.0 Å². The molecule has 3 heteroatoms. The first-order valence-corrected chi connectivity index (χ1v) is 8.01. The van der Waals surface area contributed by atoms with Gasteiger partial charge in [0.1, 0.15) is 5.75 Å². The maximum absolute atomic E-state index is 5.50. The first-order chi connectivity index (χ1) is 9.24. The molecule has 0 amide bonds. The van der Waals surface area contributed by atoms with Gasteiger partial charge in [-0.05, 0) is 55.6 Å². The summed E-state index contributed by atoms with van der Waals surface area (Å²) < 4.78 is 6.64. The van der Waals surface area contributed by atoms with E-state index in [1.807, 2.05) is 6.07 Å². The van der Waals surface area contributed by atoms with Crippen molar-refractivity contribution in [3.05, 3.63) is 28.2 Å². The van der Waals surface area contributed by atoms with Crippen LogP contribution in [0.4, 0.5) is 0 Å². The van der Waals surface area contributed by atoms with Gasteiger partial charge in [0.25, 0.3) is 0 Å². The number of nitrogens with one attached hydrogen (secondary N) is 1. The second-order valence-electron chi connectivity index (χ2n) is 5.52. The van der Waals surface area contributed by atoms with Gasteiger partial charge in [0, 0.05) is 4.47 Å². The van der Waals surface area contributed by atoms with E-state index >= 15 is 0 Å². The zero-order valence-corrected chi connectivity index (χ0v) is 13.5. The second-order valence-corrected chi connectivity index (χ2v) is 6.44. The standard InChI is InChI=1S/C16H24BrNO/c1-18-11-14(12-5-3-4-6-12)9-13-10-15(17)7-8-16(13)19-2/h7-8,10,12,14,18H,3-6,9,11H2,1-2H3. The molecule has 0 radical (unpaired) electrons. The number of hydrogen-bond acceptors (Lipinski definition) is 2. The number of rotatable bonds is 6. The quantitative estimate of drug-likeness (QED) is 0.852. The van der Waals surface area contributed by atoms with Crippen LogP contribution in [-0.2, 0) is 6.42 Å². The Kier molecular flexibility index (Phi) is 5.71. The van der Waals surface area contributed by atoms with Crippen LogP contribution in [0.3, 0.4) is 0 Å². The molecule has 0 aromatic heterocycles. The molecular formula is C16H24BrNO. The minimum Gasteiger partial charge on any atom is -0.496 e. The Labute approximate surface area is 125 Å². The number of hydrogen-bond donors (Lipinski definition) is 1. The Morgan fingerprint density at radius 3 is 2.74 bits per heavy atom. The molecule has 0 aliphatic heterocycles. The fraction of sp³-hybridized carbons (Fsp3) is 0.625. The smallest absolute Gasteiger partial charge is 0.122 e. The van der Waals surface area contributed by atoms with Gasteiger partial charge in [0.15, 0.2) is 0 Å². The Morgan fingerprint density at radius 1 is 1.37 bits per heavy atom. The summed E-state index contributed by atoms with van der Waals surface area (Å²) in [5, 5.41) is 3.36. The molecule has 1 aromatic rings. The van der Waals surface area contributed by atoms with Crippen LogP contribution < -0.4 is 10.1 Å². The summed E-state index contributed by atoms with van der Waals surface area (Å²) in [4.78, 5) is 0. The largest absolute Gasteiger partial charge is 0.496 e. The van der Waals surface area contributed by atoms with Crippen molar-refractivity contribution in [3.63, 3.8) is 0 Å². The minimum absolute atomic E-state index is 0.718. The average Bonchev–Trinajstić information content (AvgIpc) is 2.92. The fourth-order valence-corrected chi connectivity index (χ4v) is 3.69. The van der Waals surface area contributed by atoms with Crippen molar-refractivity contribution >= 4 is 15.9 Å². The minimum atomic E-state index is 0.718. The summed E-state index contributed by atoms with van der Waals surface area (Å²) in [5.74, 6) is 2.61. The Hall–Kier alpha value is -0.540. The first kappa shape index (κ1) is 14.9. The van der Waals surface area contributed by atoms with Gasteiger partial charge in [-0.25, -0.2) is 0 Å². The molecule has 1 fully saturated rings. The van der Waals surface area contributed by atoms with Crippen LogP contribution >= 0.6 is 15.9 Å². The summed E-state index contributed by atoms with van der Waals surface area (Å²) in [6.45, 7) is 1.10. The van der Waals surface area contributed by atoms with Crippen LogP contribution in [0.15, 0.2) is 22.7 Å². The summed E-state index contributed by atoms with van der Waals surface area (Å²) in [7, 11) is 3.81. The molecule has 1 aliphatic carbocycles. The van der Waals surface area contributed by atoms with E-state index in [4.69, 9.17) is 4.74 Å². The highest BCUT2D eigenvalue weighted by atomic mass is 79.9. The van der Waals surface area contributed by atoms with E-state index in [1.54, 1.807) is 7.11 Å². The first-order valence-electron chi connectivity index (χ1n) is 7.21. The molecule has 2 nitrogen and oxygen atoms in total. The van der Waals surface area contributed by atoms with Crippen molar-refractivity contribution < 1.29 is 4.74 Å². The zero-order chi connectivity index (χ0) is 13.7. The van der Waals surface area contributed by atoms with Gasteiger partial charge in [-0.1, -0.05) is 41.6 Å². The van der Waals surface area contributed by atoms with Crippen LogP contribution in [0.2, 0.25) is 0 Å².